The Balaban J connectivity index is 1.27. The highest BCUT2D eigenvalue weighted by atomic mass is 32.1. The van der Waals surface area contributed by atoms with Crippen molar-refractivity contribution in [1.29, 1.82) is 0 Å². The number of nitrogens with two attached hydrogens (primary N) is 1. The van der Waals surface area contributed by atoms with Crippen LogP contribution in [0.1, 0.15) is 12.5 Å². The lowest BCUT2D eigenvalue weighted by atomic mass is 10.1. The van der Waals surface area contributed by atoms with Gasteiger partial charge in [0.05, 0.1) is 19.5 Å². The van der Waals surface area contributed by atoms with Crippen molar-refractivity contribution in [2.75, 3.05) is 18.9 Å². The number of anilines is 1. The van der Waals surface area contributed by atoms with Crippen LogP contribution >= 0.6 is 20.0 Å². The Kier molecular flexibility index (Phi) is 7.76. The maximum atomic E-state index is 12.7. The molecule has 0 spiro atoms. The Morgan fingerprint density at radius 3 is 2.50 bits per heavy atom. The molecule has 2 aliphatic heterocycles. The molecule has 40 heavy (non-hydrogen) atoms. The van der Waals surface area contributed by atoms with Crippen LogP contribution in [0.15, 0.2) is 28.2 Å². The number of rotatable bonds is 8. The molecule has 0 aliphatic carbocycles. The van der Waals surface area contributed by atoms with Gasteiger partial charge in [0.1, 0.15) is 41.3 Å². The number of hydrogen-bond acceptors (Lipinski definition) is 15. The van der Waals surface area contributed by atoms with Crippen LogP contribution in [-0.4, -0.2) is 104 Å². The van der Waals surface area contributed by atoms with Crippen LogP contribution in [0.25, 0.3) is 11.2 Å². The van der Waals surface area contributed by atoms with Crippen LogP contribution in [0.5, 0.6) is 0 Å². The van der Waals surface area contributed by atoms with Crippen molar-refractivity contribution < 1.29 is 48.4 Å². The number of nitrogens with zero attached hydrogens (tertiary/aromatic N) is 4. The number of ether oxygens (including phenoxy) is 2. The molecule has 21 heteroatoms. The molecular formula is C19H24N7O12PS. The summed E-state index contributed by atoms with van der Waals surface area (Å²) in [6.07, 6.45) is -9.66. The van der Waals surface area contributed by atoms with Crippen molar-refractivity contribution in [3.63, 3.8) is 0 Å². The van der Waals surface area contributed by atoms with Gasteiger partial charge in [-0.1, -0.05) is 12.2 Å². The van der Waals surface area contributed by atoms with Crippen molar-refractivity contribution in [1.82, 2.24) is 29.1 Å². The molecule has 0 bridgehead atoms. The number of hydrogen-bond donors (Lipinski definition) is 8. The highest BCUT2D eigenvalue weighted by Gasteiger charge is 2.50. The van der Waals surface area contributed by atoms with Crippen molar-refractivity contribution in [2.45, 2.75) is 49.1 Å². The van der Waals surface area contributed by atoms with Gasteiger partial charge in [-0.25, -0.2) is 14.3 Å². The Hall–Kier alpha value is -2.88. The number of fused-ring (bicyclic) bond motifs is 1. The van der Waals surface area contributed by atoms with Crippen molar-refractivity contribution in [2.24, 2.45) is 0 Å². The highest BCUT2D eigenvalue weighted by molar-refractivity contribution is 7.71. The van der Waals surface area contributed by atoms with Gasteiger partial charge in [-0.05, 0) is 6.07 Å². The highest BCUT2D eigenvalue weighted by Crippen LogP contribution is 2.49. The molecule has 0 amide bonds. The summed E-state index contributed by atoms with van der Waals surface area (Å²) in [4.78, 5) is 47.0. The van der Waals surface area contributed by atoms with E-state index in [1.165, 1.54) is 12.3 Å². The fourth-order valence-corrected chi connectivity index (χ4v) is 5.54. The zero-order valence-electron chi connectivity index (χ0n) is 20.1. The molecule has 5 heterocycles. The predicted octanol–water partition coefficient (Wildman–Crippen LogP) is -3.01. The van der Waals surface area contributed by atoms with E-state index in [1.54, 1.807) is 0 Å². The van der Waals surface area contributed by atoms with Crippen LogP contribution in [0.3, 0.4) is 0 Å². The molecule has 3 aromatic rings. The Labute approximate surface area is 227 Å². The second kappa shape index (κ2) is 10.8. The predicted molar refractivity (Wildman–Crippen MR) is 132 cm³/mol. The lowest BCUT2D eigenvalue weighted by Crippen LogP contribution is -2.38. The van der Waals surface area contributed by atoms with E-state index in [0.717, 1.165) is 15.5 Å². The fourth-order valence-electron chi connectivity index (χ4n) is 4.43. The van der Waals surface area contributed by atoms with E-state index in [-0.39, 0.29) is 21.8 Å². The summed E-state index contributed by atoms with van der Waals surface area (Å²) in [5, 5.41) is 41.4. The third-order valence-corrected chi connectivity index (χ3v) is 7.56. The zero-order valence-corrected chi connectivity index (χ0v) is 21.8. The van der Waals surface area contributed by atoms with Gasteiger partial charge in [0.25, 0.3) is 5.56 Å². The van der Waals surface area contributed by atoms with Crippen molar-refractivity contribution in [3.05, 3.63) is 44.1 Å². The smallest absolute Gasteiger partial charge is 0.394 e. The molecule has 1 unspecified atom stereocenters. The standard InChI is InChI=1S/C19H24N7O12PS/c20-18-23-14-9(15(31)24-18)21-5-26(14)16-11(29)10(28)7(37-16)4-35-39(33,34)38-13-6(3-27)36-17(12(13)30)25-2-1-8(40)22-19(25)32/h1-2,5-7,10-13,16-17,27-30H,3-4H2,(H,33,34)(H,22,32,40)(H3,20,23,24,31)/t6-,7-,10-,11-,12-,13-,16-,17-/m1/s1. The number of phosphoric ester groups is 1. The van der Waals surface area contributed by atoms with E-state index in [9.17, 15) is 39.5 Å². The van der Waals surface area contributed by atoms with Gasteiger partial charge in [-0.2, -0.15) is 4.98 Å². The Morgan fingerprint density at radius 2 is 1.80 bits per heavy atom. The normalized spacial score (nSPS) is 32.0. The van der Waals surface area contributed by atoms with Gasteiger partial charge >= 0.3 is 13.5 Å². The minimum Gasteiger partial charge on any atom is -0.394 e. The van der Waals surface area contributed by atoms with E-state index < -0.39 is 81.4 Å². The first-order valence-electron chi connectivity index (χ1n) is 11.6. The summed E-state index contributed by atoms with van der Waals surface area (Å²) in [5.41, 5.74) is 4.02. The molecule has 2 saturated heterocycles. The van der Waals surface area contributed by atoms with Crippen LogP contribution in [0, 0.1) is 4.64 Å². The van der Waals surface area contributed by atoms with E-state index in [0.29, 0.717) is 0 Å². The second-order valence-corrected chi connectivity index (χ2v) is 10.8. The number of nitrogens with one attached hydrogen (secondary N) is 2. The number of imidazole rings is 1. The second-order valence-electron chi connectivity index (χ2n) is 8.91. The van der Waals surface area contributed by atoms with Gasteiger partial charge in [0.2, 0.25) is 5.95 Å². The quantitative estimate of drug-likeness (QED) is 0.0937. The molecule has 0 saturated carbocycles. The number of aliphatic hydroxyl groups is 4. The molecule has 0 radical (unpaired) electrons. The number of phosphoric acid groups is 1. The molecule has 2 fully saturated rings. The Bertz CT molecular complexity index is 1620. The summed E-state index contributed by atoms with van der Waals surface area (Å²) >= 11 is 4.86. The fraction of sp³-hybridized carbons (Fsp3) is 0.526. The first-order chi connectivity index (χ1) is 18.9. The van der Waals surface area contributed by atoms with Gasteiger partial charge in [-0.15, -0.1) is 0 Å². The van der Waals surface area contributed by atoms with Gasteiger partial charge in [0.15, 0.2) is 23.6 Å². The van der Waals surface area contributed by atoms with E-state index in [4.69, 9.17) is 36.5 Å². The molecule has 9 N–H and O–H groups in total. The van der Waals surface area contributed by atoms with Gasteiger partial charge in [-0.3, -0.25) is 32.9 Å². The number of nitrogen functional groups attached to an aromatic ring is 1. The van der Waals surface area contributed by atoms with Gasteiger partial charge in [0, 0.05) is 6.20 Å². The number of aromatic nitrogens is 6. The molecule has 0 aromatic carbocycles. The topological polar surface area (TPSA) is 283 Å². The van der Waals surface area contributed by atoms with Crippen LogP contribution < -0.4 is 17.0 Å². The van der Waals surface area contributed by atoms with E-state index in [2.05, 4.69) is 19.9 Å². The molecule has 218 valence electrons. The lowest BCUT2D eigenvalue weighted by molar-refractivity contribution is -0.0594. The minimum absolute atomic E-state index is 0.0471. The maximum absolute atomic E-state index is 12.7. The zero-order chi connectivity index (χ0) is 28.9. The lowest BCUT2D eigenvalue weighted by Gasteiger charge is -2.23. The van der Waals surface area contributed by atoms with Crippen LogP contribution in [0.4, 0.5) is 5.95 Å². The third kappa shape index (κ3) is 5.27. The summed E-state index contributed by atoms with van der Waals surface area (Å²) in [6, 6.07) is 1.35. The monoisotopic (exact) mass is 605 g/mol. The third-order valence-electron chi connectivity index (χ3n) is 6.33. The SMILES string of the molecule is Nc1nc2c(ncn2[C@@H]2O[C@H](COP(=O)(O)O[C@H]3[C@@H](O)[C@H](n4ccc(=S)[nH]c4=O)O[C@@H]3CO)[C@@H](O)[C@H]2O)c(=O)[nH]1. The average molecular weight is 605 g/mol. The molecule has 5 rings (SSSR count). The number of aromatic amines is 2. The summed E-state index contributed by atoms with van der Waals surface area (Å²) in [5.74, 6) is -0.229. The average Bonchev–Trinajstić information content (AvgIpc) is 3.53. The van der Waals surface area contributed by atoms with Crippen molar-refractivity contribution in [3.8, 4) is 0 Å². The van der Waals surface area contributed by atoms with Crippen molar-refractivity contribution >= 4 is 37.2 Å². The van der Waals surface area contributed by atoms with Crippen LogP contribution in [-0.2, 0) is 23.1 Å². The minimum atomic E-state index is -5.03. The van der Waals surface area contributed by atoms with Crippen LogP contribution in [0.2, 0.25) is 0 Å². The Morgan fingerprint density at radius 1 is 1.10 bits per heavy atom. The molecule has 19 nitrogen and oxygen atoms in total. The summed E-state index contributed by atoms with van der Waals surface area (Å²) < 4.78 is 36.0. The van der Waals surface area contributed by atoms with E-state index in [1.807, 2.05) is 0 Å². The largest absolute Gasteiger partial charge is 0.472 e. The first kappa shape index (κ1) is 28.6. The molecule has 9 atom stereocenters. The molecule has 3 aromatic heterocycles. The number of aliphatic hydroxyl groups excluding tert-OH is 4. The number of H-pyrrole nitrogens is 2. The molecule has 2 aliphatic rings. The molecular weight excluding hydrogens is 581 g/mol. The summed E-state index contributed by atoms with van der Waals surface area (Å²) in [6.45, 7) is -1.54. The van der Waals surface area contributed by atoms with Gasteiger partial charge < -0.3 is 40.5 Å². The summed E-state index contributed by atoms with van der Waals surface area (Å²) in [7, 11) is -5.03. The van der Waals surface area contributed by atoms with E-state index >= 15 is 0 Å². The maximum Gasteiger partial charge on any atom is 0.472 e. The first-order valence-corrected chi connectivity index (χ1v) is 13.5.